The van der Waals surface area contributed by atoms with Crippen LogP contribution in [-0.2, 0) is 14.8 Å². The molecule has 0 unspecified atom stereocenters. The molecule has 0 aromatic heterocycles. The van der Waals surface area contributed by atoms with E-state index in [1.54, 1.807) is 32.6 Å². The molecule has 1 fully saturated rings. The number of nitrogens with two attached hydrogens (primary N) is 1. The Labute approximate surface area is 160 Å². The van der Waals surface area contributed by atoms with E-state index in [2.05, 4.69) is 4.72 Å². The zero-order chi connectivity index (χ0) is 20.4. The lowest BCUT2D eigenvalue weighted by Crippen LogP contribution is -2.60. The maximum Gasteiger partial charge on any atom is 0.253 e. The monoisotopic (exact) mass is 396 g/mol. The average molecular weight is 397 g/mol. The molecule has 0 radical (unpaired) electrons. The zero-order valence-corrected chi connectivity index (χ0v) is 17.0. The zero-order valence-electron chi connectivity index (χ0n) is 16.2. The van der Waals surface area contributed by atoms with Gasteiger partial charge in [-0.05, 0) is 52.0 Å². The van der Waals surface area contributed by atoms with Crippen LogP contribution in [0.5, 0.6) is 0 Å². The topological polar surface area (TPSA) is 113 Å². The Hall–Kier alpha value is -1.97. The molecule has 27 heavy (non-hydrogen) atoms. The van der Waals surface area contributed by atoms with Crippen molar-refractivity contribution in [3.63, 3.8) is 0 Å². The molecule has 3 N–H and O–H groups in total. The summed E-state index contributed by atoms with van der Waals surface area (Å²) in [6.07, 6.45) is 0. The molecule has 0 spiro atoms. The molecule has 1 aliphatic rings. The van der Waals surface area contributed by atoms with Crippen LogP contribution in [0, 0.1) is 0 Å². The number of primary amides is 1. The van der Waals surface area contributed by atoms with Crippen LogP contribution in [0.4, 0.5) is 0 Å². The summed E-state index contributed by atoms with van der Waals surface area (Å²) in [5.74, 6) is -0.554. The summed E-state index contributed by atoms with van der Waals surface area (Å²) >= 11 is 0. The van der Waals surface area contributed by atoms with Gasteiger partial charge < -0.3 is 10.6 Å². The third kappa shape index (κ3) is 4.85. The maximum atomic E-state index is 12.7. The third-order valence-corrected chi connectivity index (χ3v) is 6.44. The summed E-state index contributed by atoms with van der Waals surface area (Å²) < 4.78 is 26.8. The van der Waals surface area contributed by atoms with Gasteiger partial charge in [0.15, 0.2) is 0 Å². The highest BCUT2D eigenvalue weighted by Gasteiger charge is 2.35. The molecule has 0 aliphatic carbocycles. The van der Waals surface area contributed by atoms with Crippen LogP contribution in [-0.4, -0.2) is 67.8 Å². The van der Waals surface area contributed by atoms with Crippen LogP contribution in [0.1, 0.15) is 38.1 Å². The van der Waals surface area contributed by atoms with E-state index in [1.807, 2.05) is 4.90 Å². The van der Waals surface area contributed by atoms with E-state index < -0.39 is 21.5 Å². The summed E-state index contributed by atoms with van der Waals surface area (Å²) in [5, 5.41) is 0. The van der Waals surface area contributed by atoms with E-state index in [0.29, 0.717) is 31.7 Å². The van der Waals surface area contributed by atoms with E-state index in [-0.39, 0.29) is 16.8 Å². The molecule has 1 heterocycles. The summed E-state index contributed by atoms with van der Waals surface area (Å²) in [7, 11) is -3.58. The summed E-state index contributed by atoms with van der Waals surface area (Å²) in [5.41, 5.74) is 5.13. The summed E-state index contributed by atoms with van der Waals surface area (Å²) in [4.78, 5) is 28.1. The van der Waals surface area contributed by atoms with Crippen molar-refractivity contribution in [3.05, 3.63) is 29.8 Å². The minimum Gasteiger partial charge on any atom is -0.368 e. The molecule has 1 saturated heterocycles. The van der Waals surface area contributed by atoms with E-state index in [4.69, 9.17) is 5.73 Å². The highest BCUT2D eigenvalue weighted by molar-refractivity contribution is 7.89. The quantitative estimate of drug-likeness (QED) is 0.722. The fraction of sp³-hybridized carbons (Fsp3) is 0.556. The SMILES string of the molecule is CC(C)NS(=O)(=O)c1ccc(C(=O)N2CCN(C(C)(C)C(N)=O)CC2)cc1. The smallest absolute Gasteiger partial charge is 0.253 e. The van der Waals surface area contributed by atoms with Crippen LogP contribution >= 0.6 is 0 Å². The van der Waals surface area contributed by atoms with Crippen molar-refractivity contribution in [2.24, 2.45) is 5.73 Å². The molecule has 0 saturated carbocycles. The first-order valence-electron chi connectivity index (χ1n) is 8.92. The van der Waals surface area contributed by atoms with Gasteiger partial charge in [0.2, 0.25) is 15.9 Å². The second kappa shape index (κ2) is 7.95. The number of carbonyl (C=O) groups excluding carboxylic acids is 2. The van der Waals surface area contributed by atoms with Gasteiger partial charge in [0, 0.05) is 37.8 Å². The lowest BCUT2D eigenvalue weighted by Gasteiger charge is -2.42. The van der Waals surface area contributed by atoms with Gasteiger partial charge >= 0.3 is 0 Å². The van der Waals surface area contributed by atoms with Gasteiger partial charge in [-0.3, -0.25) is 14.5 Å². The Balaban J connectivity index is 2.04. The molecule has 1 aromatic rings. The van der Waals surface area contributed by atoms with Crippen LogP contribution in [0.3, 0.4) is 0 Å². The number of hydrogen-bond donors (Lipinski definition) is 2. The number of nitrogens with zero attached hydrogens (tertiary/aromatic N) is 2. The molecular formula is C18H28N4O4S. The van der Waals surface area contributed by atoms with Gasteiger partial charge in [-0.1, -0.05) is 0 Å². The molecule has 1 aliphatic heterocycles. The van der Waals surface area contributed by atoms with Crippen molar-refractivity contribution in [2.45, 2.75) is 44.2 Å². The lowest BCUT2D eigenvalue weighted by molar-refractivity contribution is -0.129. The number of rotatable bonds is 6. The predicted octanol–water partition coefficient (Wildman–Crippen LogP) is 0.395. The number of amides is 2. The Morgan fingerprint density at radius 2 is 1.59 bits per heavy atom. The number of benzene rings is 1. The van der Waals surface area contributed by atoms with E-state index in [1.165, 1.54) is 24.3 Å². The molecule has 0 atom stereocenters. The molecular weight excluding hydrogens is 368 g/mol. The van der Waals surface area contributed by atoms with Gasteiger partial charge in [-0.2, -0.15) is 0 Å². The van der Waals surface area contributed by atoms with Crippen LogP contribution in [0.25, 0.3) is 0 Å². The largest absolute Gasteiger partial charge is 0.368 e. The van der Waals surface area contributed by atoms with E-state index >= 15 is 0 Å². The number of hydrogen-bond acceptors (Lipinski definition) is 5. The van der Waals surface area contributed by atoms with Crippen molar-refractivity contribution in [1.29, 1.82) is 0 Å². The first-order valence-corrected chi connectivity index (χ1v) is 10.4. The minimum atomic E-state index is -3.58. The fourth-order valence-corrected chi connectivity index (χ4v) is 4.21. The number of piperazine rings is 1. The fourth-order valence-electron chi connectivity index (χ4n) is 2.96. The normalized spacial score (nSPS) is 16.6. The maximum absolute atomic E-state index is 12.7. The van der Waals surface area contributed by atoms with Gasteiger partial charge in [-0.15, -0.1) is 0 Å². The summed E-state index contributed by atoms with van der Waals surface area (Å²) in [6.45, 7) is 9.09. The predicted molar refractivity (Wildman–Crippen MR) is 103 cm³/mol. The van der Waals surface area contributed by atoms with E-state index in [0.717, 1.165) is 0 Å². The second-order valence-electron chi connectivity index (χ2n) is 7.50. The molecule has 0 bridgehead atoms. The average Bonchev–Trinajstić information content (AvgIpc) is 2.60. The third-order valence-electron chi connectivity index (χ3n) is 4.76. The Morgan fingerprint density at radius 3 is 2.04 bits per heavy atom. The van der Waals surface area contributed by atoms with Gasteiger partial charge in [0.1, 0.15) is 0 Å². The van der Waals surface area contributed by atoms with Gasteiger partial charge in [0.25, 0.3) is 5.91 Å². The summed E-state index contributed by atoms with van der Waals surface area (Å²) in [6, 6.07) is 5.71. The van der Waals surface area contributed by atoms with Crippen LogP contribution in [0.2, 0.25) is 0 Å². The second-order valence-corrected chi connectivity index (χ2v) is 9.22. The number of nitrogens with one attached hydrogen (secondary N) is 1. The standard InChI is InChI=1S/C18H28N4O4S/c1-13(2)20-27(25,26)15-7-5-14(6-8-15)16(23)21-9-11-22(12-10-21)18(3,4)17(19)24/h5-8,13,20H,9-12H2,1-4H3,(H2,19,24). The first-order chi connectivity index (χ1) is 12.4. The molecule has 150 valence electrons. The Kier molecular flexibility index (Phi) is 6.28. The first kappa shape index (κ1) is 21.3. The molecule has 8 nitrogen and oxygen atoms in total. The highest BCUT2D eigenvalue weighted by Crippen LogP contribution is 2.18. The van der Waals surface area contributed by atoms with Crippen molar-refractivity contribution in [2.75, 3.05) is 26.2 Å². The van der Waals surface area contributed by atoms with Crippen molar-refractivity contribution >= 4 is 21.8 Å². The Bertz CT molecular complexity index is 795. The van der Waals surface area contributed by atoms with Gasteiger partial charge in [0.05, 0.1) is 10.4 Å². The van der Waals surface area contributed by atoms with Crippen LogP contribution < -0.4 is 10.5 Å². The van der Waals surface area contributed by atoms with Crippen molar-refractivity contribution in [3.8, 4) is 0 Å². The van der Waals surface area contributed by atoms with Crippen molar-refractivity contribution < 1.29 is 18.0 Å². The number of carbonyl (C=O) groups is 2. The van der Waals surface area contributed by atoms with Crippen LogP contribution in [0.15, 0.2) is 29.2 Å². The van der Waals surface area contributed by atoms with E-state index in [9.17, 15) is 18.0 Å². The lowest BCUT2D eigenvalue weighted by atomic mass is 10.0. The Morgan fingerprint density at radius 1 is 1.07 bits per heavy atom. The molecule has 9 heteroatoms. The minimum absolute atomic E-state index is 0.126. The number of sulfonamides is 1. The molecule has 1 aromatic carbocycles. The molecule has 2 amide bonds. The highest BCUT2D eigenvalue weighted by atomic mass is 32.2. The van der Waals surface area contributed by atoms with Gasteiger partial charge in [-0.25, -0.2) is 13.1 Å². The van der Waals surface area contributed by atoms with Crippen molar-refractivity contribution in [1.82, 2.24) is 14.5 Å². The molecule has 2 rings (SSSR count).